The second-order valence-electron chi connectivity index (χ2n) is 5.36. The maximum absolute atomic E-state index is 12.5. The Morgan fingerprint density at radius 2 is 1.96 bits per heavy atom. The van der Waals surface area contributed by atoms with Crippen LogP contribution in [0.25, 0.3) is 10.9 Å². The minimum Gasteiger partial charge on any atom is -0.478 e. The highest BCUT2D eigenvalue weighted by atomic mass is 19.4. The fourth-order valence-corrected chi connectivity index (χ4v) is 2.50. The van der Waals surface area contributed by atoms with Gasteiger partial charge in [-0.15, -0.1) is 13.2 Å². The lowest BCUT2D eigenvalue weighted by atomic mass is 10.1. The minimum absolute atomic E-state index is 0.0341. The van der Waals surface area contributed by atoms with Gasteiger partial charge >= 0.3 is 12.3 Å². The number of para-hydroxylation sites is 1. The number of ether oxygens (including phenoxy) is 1. The number of fused-ring (bicyclic) bond motifs is 1. The Morgan fingerprint density at radius 1 is 1.22 bits per heavy atom. The molecule has 2 N–H and O–H groups in total. The molecular formula is C18H10F3N3O3. The van der Waals surface area contributed by atoms with E-state index in [1.54, 1.807) is 6.07 Å². The molecule has 0 aliphatic carbocycles. The molecule has 0 amide bonds. The second-order valence-corrected chi connectivity index (χ2v) is 5.36. The summed E-state index contributed by atoms with van der Waals surface area (Å²) in [6, 6.07) is 11.3. The number of nitrogens with zero attached hydrogens (tertiary/aromatic N) is 2. The smallest absolute Gasteiger partial charge is 0.478 e. The Labute approximate surface area is 150 Å². The number of hydrogen-bond donors (Lipinski definition) is 2. The number of rotatable bonds is 4. The molecule has 0 saturated carbocycles. The first-order valence-electron chi connectivity index (χ1n) is 7.46. The van der Waals surface area contributed by atoms with Crippen LogP contribution in [0.4, 0.5) is 24.5 Å². The average molecular weight is 373 g/mol. The highest BCUT2D eigenvalue weighted by Crippen LogP contribution is 2.33. The Balaban J connectivity index is 2.17. The summed E-state index contributed by atoms with van der Waals surface area (Å²) in [5.74, 6) is -1.68. The van der Waals surface area contributed by atoms with Crippen LogP contribution in [-0.4, -0.2) is 22.4 Å². The molecule has 0 spiro atoms. The lowest BCUT2D eigenvalue weighted by Crippen LogP contribution is -2.17. The molecule has 6 nitrogen and oxygen atoms in total. The van der Waals surface area contributed by atoms with E-state index in [4.69, 9.17) is 0 Å². The van der Waals surface area contributed by atoms with Crippen LogP contribution in [-0.2, 0) is 0 Å². The molecule has 9 heteroatoms. The number of pyridine rings is 1. The largest absolute Gasteiger partial charge is 0.573 e. The van der Waals surface area contributed by atoms with Crippen molar-refractivity contribution in [1.29, 1.82) is 5.26 Å². The van der Waals surface area contributed by atoms with Gasteiger partial charge in [-0.2, -0.15) is 5.26 Å². The molecule has 136 valence electrons. The average Bonchev–Trinajstić information content (AvgIpc) is 2.61. The number of halogens is 3. The highest BCUT2D eigenvalue weighted by molar-refractivity contribution is 6.00. The third kappa shape index (κ3) is 3.90. The van der Waals surface area contributed by atoms with Crippen LogP contribution < -0.4 is 10.1 Å². The van der Waals surface area contributed by atoms with Crippen molar-refractivity contribution in [1.82, 2.24) is 4.98 Å². The van der Waals surface area contributed by atoms with Crippen LogP contribution >= 0.6 is 0 Å². The fraction of sp³-hybridized carbons (Fsp3) is 0.0556. The number of nitrogens with one attached hydrogen (secondary N) is 1. The van der Waals surface area contributed by atoms with E-state index < -0.39 is 18.1 Å². The van der Waals surface area contributed by atoms with Crippen molar-refractivity contribution >= 4 is 28.2 Å². The van der Waals surface area contributed by atoms with Crippen molar-refractivity contribution in [3.8, 4) is 11.8 Å². The first-order chi connectivity index (χ1) is 12.8. The van der Waals surface area contributed by atoms with E-state index in [2.05, 4.69) is 15.0 Å². The number of benzene rings is 2. The molecule has 0 saturated heterocycles. The quantitative estimate of drug-likeness (QED) is 0.702. The predicted octanol–water partition coefficient (Wildman–Crippen LogP) is 4.45. The van der Waals surface area contributed by atoms with E-state index in [-0.39, 0.29) is 27.9 Å². The normalized spacial score (nSPS) is 11.0. The third-order valence-corrected chi connectivity index (χ3v) is 3.61. The molecule has 0 radical (unpaired) electrons. The van der Waals surface area contributed by atoms with Gasteiger partial charge in [-0.3, -0.25) is 4.98 Å². The number of alkyl halides is 3. The number of aromatic nitrogens is 1. The first-order valence-corrected chi connectivity index (χ1v) is 7.46. The van der Waals surface area contributed by atoms with Crippen molar-refractivity contribution < 1.29 is 27.8 Å². The van der Waals surface area contributed by atoms with Gasteiger partial charge in [0.1, 0.15) is 11.8 Å². The van der Waals surface area contributed by atoms with E-state index in [9.17, 15) is 28.3 Å². The van der Waals surface area contributed by atoms with Gasteiger partial charge < -0.3 is 15.2 Å². The summed E-state index contributed by atoms with van der Waals surface area (Å²) < 4.78 is 41.4. The molecule has 2 aromatic carbocycles. The van der Waals surface area contributed by atoms with Crippen LogP contribution in [0, 0.1) is 11.3 Å². The Bertz CT molecular complexity index is 1070. The molecule has 3 rings (SSSR count). The number of carboxylic acid groups (broad SMARTS) is 1. The Hall–Kier alpha value is -3.80. The van der Waals surface area contributed by atoms with E-state index in [1.807, 2.05) is 6.07 Å². The molecule has 27 heavy (non-hydrogen) atoms. The summed E-state index contributed by atoms with van der Waals surface area (Å²) in [6.07, 6.45) is -3.63. The summed E-state index contributed by atoms with van der Waals surface area (Å²) in [6.45, 7) is 0. The van der Waals surface area contributed by atoms with E-state index in [0.29, 0.717) is 5.52 Å². The van der Waals surface area contributed by atoms with E-state index in [0.717, 1.165) is 12.1 Å². The van der Waals surface area contributed by atoms with Gasteiger partial charge in [0.2, 0.25) is 0 Å². The molecular weight excluding hydrogens is 363 g/mol. The van der Waals surface area contributed by atoms with Crippen molar-refractivity contribution in [2.24, 2.45) is 0 Å². The molecule has 3 aromatic rings. The molecule has 0 atom stereocenters. The Kier molecular flexibility index (Phi) is 4.56. The van der Waals surface area contributed by atoms with Gasteiger partial charge in [0.25, 0.3) is 0 Å². The van der Waals surface area contributed by atoms with Gasteiger partial charge in [-0.1, -0.05) is 12.1 Å². The fourth-order valence-electron chi connectivity index (χ4n) is 2.50. The number of aromatic carboxylic acids is 1. The molecule has 1 heterocycles. The van der Waals surface area contributed by atoms with Crippen molar-refractivity contribution in [3.63, 3.8) is 0 Å². The topological polar surface area (TPSA) is 95.2 Å². The Morgan fingerprint density at radius 3 is 2.63 bits per heavy atom. The monoisotopic (exact) mass is 373 g/mol. The SMILES string of the molecule is N#Cc1cnc2ccc(OC(F)(F)F)cc2c1Nc1ccccc1C(=O)O. The van der Waals surface area contributed by atoms with Crippen LogP contribution in [0.2, 0.25) is 0 Å². The van der Waals surface area contributed by atoms with E-state index in [1.165, 1.54) is 30.5 Å². The molecule has 0 unspecified atom stereocenters. The van der Waals surface area contributed by atoms with Crippen molar-refractivity contribution in [2.75, 3.05) is 5.32 Å². The van der Waals surface area contributed by atoms with Crippen molar-refractivity contribution in [3.05, 3.63) is 59.8 Å². The zero-order valence-corrected chi connectivity index (χ0v) is 13.4. The van der Waals surface area contributed by atoms with Gasteiger partial charge in [0, 0.05) is 11.6 Å². The van der Waals surface area contributed by atoms with Crippen LogP contribution in [0.3, 0.4) is 0 Å². The summed E-state index contributed by atoms with van der Waals surface area (Å²) in [7, 11) is 0. The number of carboxylic acids is 1. The second kappa shape index (κ2) is 6.84. The standard InChI is InChI=1S/C18H10F3N3O3/c19-18(20,21)27-11-5-6-14-13(7-11)16(10(8-22)9-23-14)24-15-4-2-1-3-12(15)17(25)26/h1-7,9H,(H,23,24)(H,25,26). The number of nitriles is 1. The summed E-state index contributed by atoms with van der Waals surface area (Å²) in [4.78, 5) is 15.4. The van der Waals surface area contributed by atoms with Crippen molar-refractivity contribution in [2.45, 2.75) is 6.36 Å². The molecule has 0 aliphatic rings. The maximum atomic E-state index is 12.5. The summed E-state index contributed by atoms with van der Waals surface area (Å²) in [5.41, 5.74) is 0.583. The molecule has 0 fully saturated rings. The lowest BCUT2D eigenvalue weighted by Gasteiger charge is -2.15. The lowest BCUT2D eigenvalue weighted by molar-refractivity contribution is -0.274. The highest BCUT2D eigenvalue weighted by Gasteiger charge is 2.31. The van der Waals surface area contributed by atoms with Crippen LogP contribution in [0.15, 0.2) is 48.7 Å². The summed E-state index contributed by atoms with van der Waals surface area (Å²) in [5, 5.41) is 21.6. The van der Waals surface area contributed by atoms with Gasteiger partial charge in [0.15, 0.2) is 0 Å². The molecule has 0 aliphatic heterocycles. The molecule has 0 bridgehead atoms. The first kappa shape index (κ1) is 18.0. The van der Waals surface area contributed by atoms with Gasteiger partial charge in [-0.25, -0.2) is 4.79 Å². The minimum atomic E-state index is -4.88. The zero-order chi connectivity index (χ0) is 19.6. The van der Waals surface area contributed by atoms with Crippen LogP contribution in [0.1, 0.15) is 15.9 Å². The maximum Gasteiger partial charge on any atom is 0.573 e. The van der Waals surface area contributed by atoms with Gasteiger partial charge in [0.05, 0.1) is 28.0 Å². The number of hydrogen-bond acceptors (Lipinski definition) is 5. The van der Waals surface area contributed by atoms with Crippen LogP contribution in [0.5, 0.6) is 5.75 Å². The molecule has 1 aromatic heterocycles. The van der Waals surface area contributed by atoms with E-state index >= 15 is 0 Å². The number of anilines is 2. The summed E-state index contributed by atoms with van der Waals surface area (Å²) >= 11 is 0. The zero-order valence-electron chi connectivity index (χ0n) is 13.4. The third-order valence-electron chi connectivity index (χ3n) is 3.61. The van der Waals surface area contributed by atoms with Gasteiger partial charge in [-0.05, 0) is 30.3 Å². The number of carbonyl (C=O) groups is 1. The predicted molar refractivity (Wildman–Crippen MR) is 89.8 cm³/mol.